The van der Waals surface area contributed by atoms with Gasteiger partial charge in [-0.1, -0.05) is 18.2 Å². The standard InChI is InChI=1S/C18H13NO4/c1-22-10-6-7-15-12(8-10)16(20)17(21)18(23-15)13-9-19-14-5-3-2-4-11(13)14/h2-9,19,21H,1H3. The number of hydrogen-bond donors (Lipinski definition) is 2. The van der Waals surface area contributed by atoms with Crippen LogP contribution >= 0.6 is 0 Å². The van der Waals surface area contributed by atoms with Gasteiger partial charge in [-0.3, -0.25) is 4.79 Å². The average Bonchev–Trinajstić information content (AvgIpc) is 3.01. The molecule has 0 amide bonds. The van der Waals surface area contributed by atoms with Gasteiger partial charge in [-0.25, -0.2) is 0 Å². The van der Waals surface area contributed by atoms with Gasteiger partial charge in [0.15, 0.2) is 5.76 Å². The lowest BCUT2D eigenvalue weighted by molar-refractivity contribution is 0.414. The largest absolute Gasteiger partial charge is 0.502 e. The molecule has 5 heteroatoms. The summed E-state index contributed by atoms with van der Waals surface area (Å²) < 4.78 is 10.9. The summed E-state index contributed by atoms with van der Waals surface area (Å²) in [5.41, 5.74) is 1.46. The molecule has 0 atom stereocenters. The Labute approximate surface area is 130 Å². The fourth-order valence-electron chi connectivity index (χ4n) is 2.73. The molecule has 0 aliphatic rings. The normalized spacial score (nSPS) is 11.2. The van der Waals surface area contributed by atoms with E-state index in [1.807, 2.05) is 24.3 Å². The quantitative estimate of drug-likeness (QED) is 0.592. The molecule has 5 nitrogen and oxygen atoms in total. The minimum absolute atomic E-state index is 0.158. The highest BCUT2D eigenvalue weighted by Gasteiger charge is 2.18. The Balaban J connectivity index is 2.05. The van der Waals surface area contributed by atoms with E-state index in [0.29, 0.717) is 16.9 Å². The number of nitrogens with one attached hydrogen (secondary N) is 1. The Morgan fingerprint density at radius 3 is 2.78 bits per heavy atom. The molecule has 23 heavy (non-hydrogen) atoms. The second-order valence-electron chi connectivity index (χ2n) is 5.22. The number of fused-ring (bicyclic) bond motifs is 2. The molecular weight excluding hydrogens is 294 g/mol. The van der Waals surface area contributed by atoms with Crippen molar-refractivity contribution in [3.63, 3.8) is 0 Å². The molecule has 2 aromatic carbocycles. The van der Waals surface area contributed by atoms with Crippen molar-refractivity contribution in [2.75, 3.05) is 7.11 Å². The van der Waals surface area contributed by atoms with Crippen molar-refractivity contribution < 1.29 is 14.3 Å². The number of H-pyrrole nitrogens is 1. The molecule has 2 N–H and O–H groups in total. The molecular formula is C18H13NO4. The van der Waals surface area contributed by atoms with E-state index < -0.39 is 11.2 Å². The fourth-order valence-corrected chi connectivity index (χ4v) is 2.73. The summed E-state index contributed by atoms with van der Waals surface area (Å²) in [4.78, 5) is 15.6. The zero-order valence-corrected chi connectivity index (χ0v) is 12.3. The first-order valence-electron chi connectivity index (χ1n) is 7.09. The molecule has 0 aliphatic heterocycles. The van der Waals surface area contributed by atoms with E-state index in [1.54, 1.807) is 24.4 Å². The zero-order chi connectivity index (χ0) is 16.0. The highest BCUT2D eigenvalue weighted by Crippen LogP contribution is 2.35. The number of methoxy groups -OCH3 is 1. The summed E-state index contributed by atoms with van der Waals surface area (Å²) in [6, 6.07) is 12.5. The van der Waals surface area contributed by atoms with Gasteiger partial charge in [0.2, 0.25) is 11.2 Å². The molecule has 0 bridgehead atoms. The van der Waals surface area contributed by atoms with E-state index in [1.165, 1.54) is 7.11 Å². The van der Waals surface area contributed by atoms with E-state index >= 15 is 0 Å². The smallest absolute Gasteiger partial charge is 0.235 e. The van der Waals surface area contributed by atoms with Crippen molar-refractivity contribution >= 4 is 21.9 Å². The monoisotopic (exact) mass is 307 g/mol. The lowest BCUT2D eigenvalue weighted by Gasteiger charge is -2.06. The van der Waals surface area contributed by atoms with Gasteiger partial charge in [0.05, 0.1) is 12.5 Å². The SMILES string of the molecule is COc1ccc2oc(-c3c[nH]c4ccccc34)c(O)c(=O)c2c1. The van der Waals surface area contributed by atoms with Crippen LogP contribution in [0.2, 0.25) is 0 Å². The minimum Gasteiger partial charge on any atom is -0.502 e. The number of benzene rings is 2. The third-order valence-corrected chi connectivity index (χ3v) is 3.91. The van der Waals surface area contributed by atoms with Crippen molar-refractivity contribution in [1.82, 2.24) is 4.98 Å². The van der Waals surface area contributed by atoms with Crippen molar-refractivity contribution in [3.8, 4) is 22.8 Å². The first kappa shape index (κ1) is 13.5. The molecule has 0 unspecified atom stereocenters. The zero-order valence-electron chi connectivity index (χ0n) is 12.3. The van der Waals surface area contributed by atoms with E-state index in [4.69, 9.17) is 9.15 Å². The van der Waals surface area contributed by atoms with Crippen LogP contribution in [0.15, 0.2) is 57.9 Å². The van der Waals surface area contributed by atoms with Crippen LogP contribution in [0.4, 0.5) is 0 Å². The Hall–Kier alpha value is -3.21. The molecule has 4 aromatic rings. The fraction of sp³-hybridized carbons (Fsp3) is 0.0556. The number of rotatable bonds is 2. The van der Waals surface area contributed by atoms with Gasteiger partial charge < -0.3 is 19.2 Å². The van der Waals surface area contributed by atoms with Gasteiger partial charge in [-0.05, 0) is 24.3 Å². The van der Waals surface area contributed by atoms with Gasteiger partial charge >= 0.3 is 0 Å². The highest BCUT2D eigenvalue weighted by molar-refractivity contribution is 5.96. The third kappa shape index (κ3) is 1.97. The van der Waals surface area contributed by atoms with Crippen LogP contribution in [0.25, 0.3) is 33.2 Å². The van der Waals surface area contributed by atoms with Crippen LogP contribution in [0, 0.1) is 0 Å². The number of aromatic amines is 1. The molecule has 4 rings (SSSR count). The second kappa shape index (κ2) is 4.91. The number of aromatic hydroxyl groups is 1. The Bertz CT molecular complexity index is 1090. The molecule has 2 heterocycles. The van der Waals surface area contributed by atoms with Crippen LogP contribution < -0.4 is 10.2 Å². The Kier molecular flexibility index (Phi) is 2.87. The van der Waals surface area contributed by atoms with Crippen molar-refractivity contribution in [1.29, 1.82) is 0 Å². The number of aromatic nitrogens is 1. The van der Waals surface area contributed by atoms with Crippen LogP contribution in [0.1, 0.15) is 0 Å². The van der Waals surface area contributed by atoms with Gasteiger partial charge in [0.25, 0.3) is 0 Å². The van der Waals surface area contributed by atoms with Crippen LogP contribution in [0.5, 0.6) is 11.5 Å². The average molecular weight is 307 g/mol. The maximum absolute atomic E-state index is 12.5. The summed E-state index contributed by atoms with van der Waals surface area (Å²) in [6.45, 7) is 0. The summed E-state index contributed by atoms with van der Waals surface area (Å²) in [5.74, 6) is 0.282. The number of para-hydroxylation sites is 1. The van der Waals surface area contributed by atoms with Gasteiger partial charge in [-0.2, -0.15) is 0 Å². The van der Waals surface area contributed by atoms with Crippen molar-refractivity contribution in [3.05, 3.63) is 58.9 Å². The first-order chi connectivity index (χ1) is 11.2. The number of hydrogen-bond acceptors (Lipinski definition) is 4. The van der Waals surface area contributed by atoms with Crippen LogP contribution in [-0.2, 0) is 0 Å². The maximum Gasteiger partial charge on any atom is 0.235 e. The summed E-state index contributed by atoms with van der Waals surface area (Å²) in [5, 5.41) is 11.5. The predicted molar refractivity (Wildman–Crippen MR) is 88.0 cm³/mol. The predicted octanol–water partition coefficient (Wildman–Crippen LogP) is 3.66. The second-order valence-corrected chi connectivity index (χ2v) is 5.22. The van der Waals surface area contributed by atoms with Crippen LogP contribution in [-0.4, -0.2) is 17.2 Å². The molecule has 0 fully saturated rings. The summed E-state index contributed by atoms with van der Waals surface area (Å²) >= 11 is 0. The molecule has 0 radical (unpaired) electrons. The van der Waals surface area contributed by atoms with E-state index in [-0.39, 0.29) is 11.1 Å². The molecule has 2 aromatic heterocycles. The molecule has 0 saturated heterocycles. The van der Waals surface area contributed by atoms with E-state index in [2.05, 4.69) is 4.98 Å². The third-order valence-electron chi connectivity index (χ3n) is 3.91. The summed E-state index contributed by atoms with van der Waals surface area (Å²) in [7, 11) is 1.52. The lowest BCUT2D eigenvalue weighted by Crippen LogP contribution is -2.02. The van der Waals surface area contributed by atoms with Gasteiger partial charge in [-0.15, -0.1) is 0 Å². The van der Waals surface area contributed by atoms with Crippen molar-refractivity contribution in [2.45, 2.75) is 0 Å². The highest BCUT2D eigenvalue weighted by atomic mass is 16.5. The van der Waals surface area contributed by atoms with E-state index in [0.717, 1.165) is 10.9 Å². The lowest BCUT2D eigenvalue weighted by atomic mass is 10.1. The topological polar surface area (TPSA) is 75.5 Å². The van der Waals surface area contributed by atoms with E-state index in [9.17, 15) is 9.90 Å². The minimum atomic E-state index is -0.481. The maximum atomic E-state index is 12.5. The first-order valence-corrected chi connectivity index (χ1v) is 7.09. The van der Waals surface area contributed by atoms with Gasteiger partial charge in [0, 0.05) is 22.7 Å². The van der Waals surface area contributed by atoms with Gasteiger partial charge in [0.1, 0.15) is 11.3 Å². The molecule has 0 aliphatic carbocycles. The molecule has 114 valence electrons. The molecule has 0 spiro atoms. The van der Waals surface area contributed by atoms with Crippen LogP contribution in [0.3, 0.4) is 0 Å². The Morgan fingerprint density at radius 2 is 1.96 bits per heavy atom. The molecule has 0 saturated carbocycles. The Morgan fingerprint density at radius 1 is 1.13 bits per heavy atom. The number of ether oxygens (including phenoxy) is 1. The van der Waals surface area contributed by atoms with Crippen molar-refractivity contribution in [2.24, 2.45) is 0 Å². The summed E-state index contributed by atoms with van der Waals surface area (Å²) in [6.07, 6.45) is 1.72.